The molecule has 0 unspecified atom stereocenters. The van der Waals surface area contributed by atoms with Gasteiger partial charge in [-0.1, -0.05) is 17.7 Å². The molecule has 1 aromatic rings. The zero-order chi connectivity index (χ0) is 12.8. The van der Waals surface area contributed by atoms with Crippen LogP contribution in [0.1, 0.15) is 20.8 Å². The van der Waals surface area contributed by atoms with Crippen LogP contribution in [-0.4, -0.2) is 11.0 Å². The van der Waals surface area contributed by atoms with Gasteiger partial charge in [0.25, 0.3) is 5.91 Å². The minimum atomic E-state index is -0.153. The fourth-order valence-electron chi connectivity index (χ4n) is 1.34. The van der Waals surface area contributed by atoms with E-state index in [0.717, 1.165) is 5.57 Å². The Morgan fingerprint density at radius 2 is 1.82 bits per heavy atom. The molecule has 0 fully saturated rings. The number of phenols is 1. The van der Waals surface area contributed by atoms with Gasteiger partial charge in [-0.05, 0) is 45.0 Å². The van der Waals surface area contributed by atoms with Crippen LogP contribution in [0.4, 0.5) is 5.69 Å². The molecule has 90 valence electrons. The molecule has 0 heterocycles. The Labute approximate surface area is 101 Å². The minimum Gasteiger partial charge on any atom is -0.508 e. The van der Waals surface area contributed by atoms with Crippen LogP contribution in [0.5, 0.6) is 5.75 Å². The number of hydrogen-bond acceptors (Lipinski definition) is 2. The number of benzene rings is 1. The van der Waals surface area contributed by atoms with E-state index >= 15 is 0 Å². The summed E-state index contributed by atoms with van der Waals surface area (Å²) >= 11 is 0. The number of hydrogen-bond donors (Lipinski definition) is 2. The number of carbonyl (C=O) groups excluding carboxylic acids is 1. The highest BCUT2D eigenvalue weighted by atomic mass is 16.3. The number of phenolic OH excluding ortho intramolecular Hbond substituents is 1. The van der Waals surface area contributed by atoms with Crippen molar-refractivity contribution >= 4 is 11.6 Å². The maximum absolute atomic E-state index is 11.9. The quantitative estimate of drug-likeness (QED) is 0.476. The normalized spacial score (nSPS) is 10.9. The highest BCUT2D eigenvalue weighted by Gasteiger charge is 2.06. The first kappa shape index (κ1) is 13.0. The van der Waals surface area contributed by atoms with Crippen LogP contribution < -0.4 is 5.32 Å². The average molecular weight is 231 g/mol. The van der Waals surface area contributed by atoms with Crippen LogP contribution >= 0.6 is 0 Å². The van der Waals surface area contributed by atoms with Gasteiger partial charge in [-0.3, -0.25) is 4.79 Å². The van der Waals surface area contributed by atoms with E-state index in [1.165, 1.54) is 12.1 Å². The van der Waals surface area contributed by atoms with Crippen molar-refractivity contribution in [2.24, 2.45) is 0 Å². The van der Waals surface area contributed by atoms with E-state index in [2.05, 4.69) is 5.32 Å². The fraction of sp³-hybridized carbons (Fsp3) is 0.214. The Kier molecular flexibility index (Phi) is 4.52. The van der Waals surface area contributed by atoms with Gasteiger partial charge >= 0.3 is 0 Å². The second-order valence-corrected chi connectivity index (χ2v) is 3.97. The van der Waals surface area contributed by atoms with Crippen LogP contribution in [-0.2, 0) is 4.79 Å². The standard InChI is InChI=1S/C14H17NO2/c1-4-11(9-10(2)3)14(17)15-12-5-7-13(16)8-6-12/h4-9,16H,1-3H3,(H,15,17). The highest BCUT2D eigenvalue weighted by Crippen LogP contribution is 2.15. The monoisotopic (exact) mass is 231 g/mol. The Bertz CT molecular complexity index is 452. The lowest BCUT2D eigenvalue weighted by atomic mass is 10.1. The van der Waals surface area contributed by atoms with Gasteiger partial charge in [-0.2, -0.15) is 0 Å². The highest BCUT2D eigenvalue weighted by molar-refractivity contribution is 6.05. The topological polar surface area (TPSA) is 49.3 Å². The largest absolute Gasteiger partial charge is 0.508 e. The lowest BCUT2D eigenvalue weighted by Crippen LogP contribution is -2.13. The molecule has 1 amide bonds. The summed E-state index contributed by atoms with van der Waals surface area (Å²) in [5.74, 6) is 0.0259. The molecular weight excluding hydrogens is 214 g/mol. The van der Waals surface area contributed by atoms with Crippen LogP contribution in [0.15, 0.2) is 47.6 Å². The van der Waals surface area contributed by atoms with E-state index in [0.29, 0.717) is 11.3 Å². The van der Waals surface area contributed by atoms with Crippen LogP contribution in [0.25, 0.3) is 0 Å². The van der Waals surface area contributed by atoms with Crippen molar-refractivity contribution in [3.8, 4) is 5.75 Å². The van der Waals surface area contributed by atoms with Crippen molar-refractivity contribution in [2.75, 3.05) is 5.32 Å². The molecule has 17 heavy (non-hydrogen) atoms. The van der Waals surface area contributed by atoms with Crippen molar-refractivity contribution in [3.63, 3.8) is 0 Å². The van der Waals surface area contributed by atoms with Gasteiger partial charge in [-0.25, -0.2) is 0 Å². The molecule has 0 aliphatic rings. The zero-order valence-corrected chi connectivity index (χ0v) is 10.3. The third-order valence-electron chi connectivity index (χ3n) is 2.14. The first-order valence-electron chi connectivity index (χ1n) is 5.44. The summed E-state index contributed by atoms with van der Waals surface area (Å²) < 4.78 is 0. The summed E-state index contributed by atoms with van der Waals surface area (Å²) in [5, 5.41) is 11.9. The smallest absolute Gasteiger partial charge is 0.255 e. The maximum Gasteiger partial charge on any atom is 0.255 e. The lowest BCUT2D eigenvalue weighted by Gasteiger charge is -2.06. The van der Waals surface area contributed by atoms with E-state index < -0.39 is 0 Å². The third-order valence-corrected chi connectivity index (χ3v) is 2.14. The maximum atomic E-state index is 11.9. The Morgan fingerprint density at radius 3 is 2.29 bits per heavy atom. The summed E-state index contributed by atoms with van der Waals surface area (Å²) in [6.07, 6.45) is 3.60. The number of rotatable bonds is 3. The van der Waals surface area contributed by atoms with Crippen LogP contribution in [0.2, 0.25) is 0 Å². The van der Waals surface area contributed by atoms with E-state index in [1.54, 1.807) is 18.2 Å². The lowest BCUT2D eigenvalue weighted by molar-refractivity contribution is -0.112. The number of carbonyl (C=O) groups is 1. The van der Waals surface area contributed by atoms with Gasteiger partial charge in [-0.15, -0.1) is 0 Å². The van der Waals surface area contributed by atoms with Crippen molar-refractivity contribution in [1.82, 2.24) is 0 Å². The van der Waals surface area contributed by atoms with E-state index in [9.17, 15) is 4.79 Å². The van der Waals surface area contributed by atoms with E-state index in [4.69, 9.17) is 5.11 Å². The average Bonchev–Trinajstić information content (AvgIpc) is 2.28. The second kappa shape index (κ2) is 5.89. The Morgan fingerprint density at radius 1 is 1.24 bits per heavy atom. The summed E-state index contributed by atoms with van der Waals surface area (Å²) in [7, 11) is 0. The number of anilines is 1. The molecule has 3 heteroatoms. The summed E-state index contributed by atoms with van der Waals surface area (Å²) in [6, 6.07) is 6.38. The molecule has 0 radical (unpaired) electrons. The molecule has 0 aliphatic heterocycles. The fourth-order valence-corrected chi connectivity index (χ4v) is 1.34. The Hall–Kier alpha value is -2.03. The molecule has 3 nitrogen and oxygen atoms in total. The number of nitrogens with one attached hydrogen (secondary N) is 1. The molecule has 0 aromatic heterocycles. The first-order chi connectivity index (χ1) is 8.02. The predicted molar refractivity (Wildman–Crippen MR) is 69.9 cm³/mol. The molecule has 0 saturated heterocycles. The van der Waals surface area contributed by atoms with Crippen molar-refractivity contribution in [3.05, 3.63) is 47.6 Å². The molecule has 1 aromatic carbocycles. The van der Waals surface area contributed by atoms with E-state index in [-0.39, 0.29) is 11.7 Å². The first-order valence-corrected chi connectivity index (χ1v) is 5.44. The van der Waals surface area contributed by atoms with Crippen molar-refractivity contribution < 1.29 is 9.90 Å². The summed E-state index contributed by atoms with van der Waals surface area (Å²) in [4.78, 5) is 11.9. The number of amides is 1. The van der Waals surface area contributed by atoms with Gasteiger partial charge in [0, 0.05) is 11.3 Å². The van der Waals surface area contributed by atoms with Crippen LogP contribution in [0, 0.1) is 0 Å². The molecular formula is C14H17NO2. The third kappa shape index (κ3) is 4.15. The molecule has 2 N–H and O–H groups in total. The molecule has 0 bridgehead atoms. The summed E-state index contributed by atoms with van der Waals surface area (Å²) in [5.41, 5.74) is 2.35. The second-order valence-electron chi connectivity index (χ2n) is 3.97. The molecule has 0 spiro atoms. The number of allylic oxidation sites excluding steroid dienone is 2. The summed E-state index contributed by atoms with van der Waals surface area (Å²) in [6.45, 7) is 5.71. The SMILES string of the molecule is CC=C(C=C(C)C)C(=O)Nc1ccc(O)cc1. The van der Waals surface area contributed by atoms with Gasteiger partial charge in [0.15, 0.2) is 0 Å². The molecule has 0 atom stereocenters. The van der Waals surface area contributed by atoms with Gasteiger partial charge in [0.2, 0.25) is 0 Å². The zero-order valence-electron chi connectivity index (χ0n) is 10.3. The van der Waals surface area contributed by atoms with Gasteiger partial charge in [0.05, 0.1) is 0 Å². The van der Waals surface area contributed by atoms with E-state index in [1.807, 2.05) is 26.8 Å². The minimum absolute atomic E-state index is 0.153. The van der Waals surface area contributed by atoms with Gasteiger partial charge in [0.1, 0.15) is 5.75 Å². The van der Waals surface area contributed by atoms with Crippen molar-refractivity contribution in [1.29, 1.82) is 0 Å². The van der Waals surface area contributed by atoms with Crippen LogP contribution in [0.3, 0.4) is 0 Å². The molecule has 0 saturated carbocycles. The van der Waals surface area contributed by atoms with Gasteiger partial charge < -0.3 is 10.4 Å². The Balaban J connectivity index is 2.78. The molecule has 1 rings (SSSR count). The predicted octanol–water partition coefficient (Wildman–Crippen LogP) is 3.24. The number of aromatic hydroxyl groups is 1. The molecule has 0 aliphatic carbocycles. The van der Waals surface area contributed by atoms with Crippen molar-refractivity contribution in [2.45, 2.75) is 20.8 Å².